The third-order valence-electron chi connectivity index (χ3n) is 8.14. The van der Waals surface area contributed by atoms with Gasteiger partial charge in [0.15, 0.2) is 0 Å². The molecule has 2 aliphatic heterocycles. The van der Waals surface area contributed by atoms with Gasteiger partial charge in [0, 0.05) is 49.7 Å². The number of hydrogen-bond acceptors (Lipinski definition) is 6. The van der Waals surface area contributed by atoms with Gasteiger partial charge in [0.05, 0.1) is 23.3 Å². The standard InChI is InChI=1S/C28H34F3N5O3S/c29-28(30,31)20-5-3-4-19(14-20)25(38)32-16-24(37)34-21-10-13-36(17-21)22-8-6-18(7-9-22)26-33-15-23(40-26)27(39)35-11-1-2-12-35/h3-5,14-15,18,21-22H,1-2,6-13,16-17H2,(H,32,38)(H,34,37). The molecule has 3 aliphatic rings. The van der Waals surface area contributed by atoms with Crippen LogP contribution in [0.25, 0.3) is 0 Å². The molecular weight excluding hydrogens is 543 g/mol. The Bertz CT molecular complexity index is 1220. The normalized spacial score (nSPS) is 23.8. The Morgan fingerprint density at radius 2 is 1.77 bits per heavy atom. The summed E-state index contributed by atoms with van der Waals surface area (Å²) in [5.41, 5.74) is -1.05. The molecule has 1 aliphatic carbocycles. The number of nitrogens with one attached hydrogen (secondary N) is 2. The number of amides is 3. The molecule has 1 aromatic carbocycles. The zero-order chi connectivity index (χ0) is 28.3. The molecule has 1 atom stereocenters. The Morgan fingerprint density at radius 3 is 2.50 bits per heavy atom. The molecule has 0 spiro atoms. The van der Waals surface area contributed by atoms with Gasteiger partial charge in [0.1, 0.15) is 4.88 Å². The number of alkyl halides is 3. The van der Waals surface area contributed by atoms with Crippen molar-refractivity contribution < 1.29 is 27.6 Å². The molecule has 1 unspecified atom stereocenters. The first-order chi connectivity index (χ1) is 19.2. The maximum Gasteiger partial charge on any atom is 0.416 e. The number of hydrogen-bond donors (Lipinski definition) is 2. The molecule has 8 nitrogen and oxygen atoms in total. The Balaban J connectivity index is 1.03. The third kappa shape index (κ3) is 6.83. The number of thiazole rings is 1. The minimum atomic E-state index is -4.54. The summed E-state index contributed by atoms with van der Waals surface area (Å²) >= 11 is 1.54. The van der Waals surface area contributed by atoms with Crippen molar-refractivity contribution in [2.45, 2.75) is 69.1 Å². The molecule has 1 saturated carbocycles. The second kappa shape index (κ2) is 12.3. The zero-order valence-corrected chi connectivity index (χ0v) is 23.0. The third-order valence-corrected chi connectivity index (χ3v) is 9.28. The molecule has 12 heteroatoms. The highest BCUT2D eigenvalue weighted by molar-refractivity contribution is 7.13. The lowest BCUT2D eigenvalue weighted by atomic mass is 9.86. The highest BCUT2D eigenvalue weighted by Gasteiger charge is 2.34. The van der Waals surface area contributed by atoms with Crippen LogP contribution >= 0.6 is 11.3 Å². The summed E-state index contributed by atoms with van der Waals surface area (Å²) in [5, 5.41) is 6.41. The molecule has 3 amide bonds. The number of nitrogens with zero attached hydrogens (tertiary/aromatic N) is 3. The highest BCUT2D eigenvalue weighted by atomic mass is 32.1. The number of halogens is 3. The van der Waals surface area contributed by atoms with E-state index in [4.69, 9.17) is 0 Å². The van der Waals surface area contributed by atoms with Crippen LogP contribution < -0.4 is 10.6 Å². The van der Waals surface area contributed by atoms with E-state index in [9.17, 15) is 27.6 Å². The van der Waals surface area contributed by atoms with E-state index < -0.39 is 17.6 Å². The summed E-state index contributed by atoms with van der Waals surface area (Å²) in [4.78, 5) is 47.0. The van der Waals surface area contributed by atoms with Crippen LogP contribution in [0.2, 0.25) is 0 Å². The monoisotopic (exact) mass is 577 g/mol. The number of carbonyl (C=O) groups excluding carboxylic acids is 3. The lowest BCUT2D eigenvalue weighted by Gasteiger charge is -2.34. The molecule has 216 valence electrons. The molecule has 5 rings (SSSR count). The topological polar surface area (TPSA) is 94.6 Å². The SMILES string of the molecule is O=C(CNC(=O)c1cccc(C(F)(F)F)c1)NC1CCN(C2CCC(c3ncc(C(=O)N4CCCC4)s3)CC2)C1. The molecule has 3 heterocycles. The summed E-state index contributed by atoms with van der Waals surface area (Å²) in [7, 11) is 0. The van der Waals surface area contributed by atoms with Gasteiger partial charge in [-0.1, -0.05) is 6.07 Å². The first-order valence-corrected chi connectivity index (χ1v) is 14.7. The largest absolute Gasteiger partial charge is 0.416 e. The van der Waals surface area contributed by atoms with Crippen molar-refractivity contribution in [3.63, 3.8) is 0 Å². The second-order valence-electron chi connectivity index (χ2n) is 10.9. The van der Waals surface area contributed by atoms with Crippen LogP contribution in [0.3, 0.4) is 0 Å². The van der Waals surface area contributed by atoms with Crippen LogP contribution in [0, 0.1) is 0 Å². The number of likely N-dealkylation sites (tertiary alicyclic amines) is 2. The van der Waals surface area contributed by atoms with Crippen LogP contribution in [0.4, 0.5) is 13.2 Å². The van der Waals surface area contributed by atoms with E-state index in [0.717, 1.165) is 93.1 Å². The first kappa shape index (κ1) is 28.5. The fraction of sp³-hybridized carbons (Fsp3) is 0.571. The highest BCUT2D eigenvalue weighted by Crippen LogP contribution is 2.37. The van der Waals surface area contributed by atoms with Crippen LogP contribution in [-0.2, 0) is 11.0 Å². The van der Waals surface area contributed by atoms with Gasteiger partial charge in [0.25, 0.3) is 11.8 Å². The Hall–Kier alpha value is -2.99. The van der Waals surface area contributed by atoms with Crippen molar-refractivity contribution >= 4 is 29.1 Å². The molecule has 1 aromatic heterocycles. The Morgan fingerprint density at radius 1 is 1.02 bits per heavy atom. The molecular formula is C28H34F3N5O3S. The average molecular weight is 578 g/mol. The maximum absolute atomic E-state index is 12.9. The molecule has 0 bridgehead atoms. The summed E-state index contributed by atoms with van der Waals surface area (Å²) in [6.45, 7) is 2.98. The van der Waals surface area contributed by atoms with Crippen molar-refractivity contribution in [1.82, 2.24) is 25.4 Å². The fourth-order valence-electron chi connectivity index (χ4n) is 5.95. The van der Waals surface area contributed by atoms with E-state index in [0.29, 0.717) is 12.0 Å². The lowest BCUT2D eigenvalue weighted by molar-refractivity contribution is -0.137. The lowest BCUT2D eigenvalue weighted by Crippen LogP contribution is -2.44. The minimum Gasteiger partial charge on any atom is -0.350 e. The van der Waals surface area contributed by atoms with Crippen molar-refractivity contribution in [3.05, 3.63) is 51.5 Å². The average Bonchev–Trinajstić information content (AvgIpc) is 3.74. The molecule has 2 saturated heterocycles. The van der Waals surface area contributed by atoms with Crippen LogP contribution in [-0.4, -0.2) is 77.3 Å². The van der Waals surface area contributed by atoms with Gasteiger partial charge in [-0.2, -0.15) is 13.2 Å². The molecule has 0 radical (unpaired) electrons. The van der Waals surface area contributed by atoms with E-state index in [2.05, 4.69) is 20.5 Å². The predicted molar refractivity (Wildman–Crippen MR) is 144 cm³/mol. The number of rotatable bonds is 7. The van der Waals surface area contributed by atoms with Crippen molar-refractivity contribution in [2.75, 3.05) is 32.7 Å². The van der Waals surface area contributed by atoms with E-state index in [1.807, 2.05) is 4.90 Å². The van der Waals surface area contributed by atoms with Crippen molar-refractivity contribution in [3.8, 4) is 0 Å². The van der Waals surface area contributed by atoms with Gasteiger partial charge in [-0.25, -0.2) is 4.98 Å². The summed E-state index contributed by atoms with van der Waals surface area (Å²) in [6, 6.07) is 4.53. The van der Waals surface area contributed by atoms with Crippen LogP contribution in [0.15, 0.2) is 30.5 Å². The van der Waals surface area contributed by atoms with E-state index >= 15 is 0 Å². The zero-order valence-electron chi connectivity index (χ0n) is 22.2. The molecule has 40 heavy (non-hydrogen) atoms. The second-order valence-corrected chi connectivity index (χ2v) is 11.9. The predicted octanol–water partition coefficient (Wildman–Crippen LogP) is 4.04. The van der Waals surface area contributed by atoms with E-state index in [1.165, 1.54) is 23.5 Å². The minimum absolute atomic E-state index is 0.0335. The molecule has 2 aromatic rings. The number of aromatic nitrogens is 1. The van der Waals surface area contributed by atoms with E-state index in [1.54, 1.807) is 6.20 Å². The maximum atomic E-state index is 12.9. The van der Waals surface area contributed by atoms with Gasteiger partial charge in [-0.05, 0) is 63.1 Å². The van der Waals surface area contributed by atoms with Gasteiger partial charge in [0.2, 0.25) is 5.91 Å². The quantitative estimate of drug-likeness (QED) is 0.518. The van der Waals surface area contributed by atoms with Crippen molar-refractivity contribution in [2.24, 2.45) is 0 Å². The van der Waals surface area contributed by atoms with Gasteiger partial charge in [-0.15, -0.1) is 11.3 Å². The van der Waals surface area contributed by atoms with E-state index in [-0.39, 0.29) is 30.0 Å². The fourth-order valence-corrected chi connectivity index (χ4v) is 7.01. The Kier molecular flexibility index (Phi) is 8.74. The first-order valence-electron chi connectivity index (χ1n) is 13.9. The Labute approximate surface area is 235 Å². The van der Waals surface area contributed by atoms with Crippen LogP contribution in [0.1, 0.15) is 81.5 Å². The molecule has 3 fully saturated rings. The number of carbonyl (C=O) groups is 3. The smallest absolute Gasteiger partial charge is 0.350 e. The van der Waals surface area contributed by atoms with Crippen molar-refractivity contribution in [1.29, 1.82) is 0 Å². The van der Waals surface area contributed by atoms with Gasteiger partial charge in [-0.3, -0.25) is 19.3 Å². The van der Waals surface area contributed by atoms with Gasteiger partial charge >= 0.3 is 6.18 Å². The van der Waals surface area contributed by atoms with Crippen LogP contribution in [0.5, 0.6) is 0 Å². The molecule has 2 N–H and O–H groups in total. The summed E-state index contributed by atoms with van der Waals surface area (Å²) in [5.74, 6) is -0.604. The summed E-state index contributed by atoms with van der Waals surface area (Å²) < 4.78 is 38.7. The number of benzene rings is 1. The summed E-state index contributed by atoms with van der Waals surface area (Å²) in [6.07, 6.45) is 4.25. The van der Waals surface area contributed by atoms with Gasteiger partial charge < -0.3 is 15.5 Å².